The van der Waals surface area contributed by atoms with Crippen LogP contribution in [0.15, 0.2) is 54.2 Å². The third kappa shape index (κ3) is 4.12. The lowest BCUT2D eigenvalue weighted by molar-refractivity contribution is -0.140. The molecule has 0 aliphatic carbocycles. The van der Waals surface area contributed by atoms with Gasteiger partial charge in [-0.25, -0.2) is 0 Å². The number of hydrogen-bond acceptors (Lipinski definition) is 5. The number of amides is 1. The molecule has 2 heterocycles. The Morgan fingerprint density at radius 1 is 1.18 bits per heavy atom. The smallest absolute Gasteiger partial charge is 0.295 e. The van der Waals surface area contributed by atoms with Crippen LogP contribution in [-0.4, -0.2) is 53.5 Å². The lowest BCUT2D eigenvalue weighted by Crippen LogP contribution is -2.31. The molecule has 0 saturated carbocycles. The number of likely N-dealkylation sites (tertiary alicyclic amines) is 1. The average Bonchev–Trinajstić information content (AvgIpc) is 3.34. The van der Waals surface area contributed by atoms with E-state index in [-0.39, 0.29) is 11.3 Å². The maximum atomic E-state index is 13.2. The van der Waals surface area contributed by atoms with E-state index in [1.54, 1.807) is 31.5 Å². The van der Waals surface area contributed by atoms with E-state index in [2.05, 4.69) is 4.98 Å². The van der Waals surface area contributed by atoms with Crippen molar-refractivity contribution >= 4 is 28.4 Å². The molecule has 3 aromatic rings. The van der Waals surface area contributed by atoms with E-state index >= 15 is 0 Å². The van der Waals surface area contributed by atoms with E-state index in [1.807, 2.05) is 38.1 Å². The van der Waals surface area contributed by atoms with Crippen LogP contribution in [0.1, 0.15) is 36.1 Å². The van der Waals surface area contributed by atoms with Gasteiger partial charge in [-0.1, -0.05) is 18.2 Å². The van der Waals surface area contributed by atoms with Crippen molar-refractivity contribution in [2.24, 2.45) is 0 Å². The Morgan fingerprint density at radius 3 is 2.70 bits per heavy atom. The number of benzene rings is 2. The van der Waals surface area contributed by atoms with Gasteiger partial charge in [-0.3, -0.25) is 9.59 Å². The Labute approximate surface area is 192 Å². The maximum Gasteiger partial charge on any atom is 0.295 e. The Morgan fingerprint density at radius 2 is 1.97 bits per heavy atom. The molecule has 1 atom stereocenters. The predicted octanol–water partition coefficient (Wildman–Crippen LogP) is 4.33. The molecule has 1 unspecified atom stereocenters. The second kappa shape index (κ2) is 9.50. The number of fused-ring (bicyclic) bond motifs is 1. The fraction of sp³-hybridized carbons (Fsp3) is 0.308. The van der Waals surface area contributed by atoms with Gasteiger partial charge in [0.2, 0.25) is 0 Å². The van der Waals surface area contributed by atoms with Crippen LogP contribution in [0.4, 0.5) is 0 Å². The third-order valence-electron chi connectivity index (χ3n) is 5.95. The predicted molar refractivity (Wildman–Crippen MR) is 126 cm³/mol. The summed E-state index contributed by atoms with van der Waals surface area (Å²) < 4.78 is 10.7. The van der Waals surface area contributed by atoms with Gasteiger partial charge >= 0.3 is 0 Å². The number of aryl methyl sites for hydroxylation is 1. The van der Waals surface area contributed by atoms with Crippen LogP contribution in [0.25, 0.3) is 16.7 Å². The molecule has 4 rings (SSSR count). The number of aliphatic hydroxyl groups excluding tert-OH is 1. The zero-order valence-electron chi connectivity index (χ0n) is 19.1. The largest absolute Gasteiger partial charge is 0.507 e. The van der Waals surface area contributed by atoms with Gasteiger partial charge < -0.3 is 24.5 Å². The van der Waals surface area contributed by atoms with Crippen molar-refractivity contribution in [3.8, 4) is 5.75 Å². The Balaban J connectivity index is 1.86. The quantitative estimate of drug-likeness (QED) is 0.232. The summed E-state index contributed by atoms with van der Waals surface area (Å²) in [5, 5.41) is 12.2. The molecule has 0 bridgehead atoms. The third-order valence-corrected chi connectivity index (χ3v) is 5.95. The number of H-pyrrole nitrogens is 1. The Hall–Kier alpha value is -3.58. The van der Waals surface area contributed by atoms with Crippen molar-refractivity contribution in [2.75, 3.05) is 26.9 Å². The summed E-state index contributed by atoms with van der Waals surface area (Å²) in [7, 11) is 1.60. The number of nitrogens with one attached hydrogen (secondary N) is 1. The highest BCUT2D eigenvalue weighted by molar-refractivity contribution is 6.46. The molecule has 2 aromatic carbocycles. The van der Waals surface area contributed by atoms with Crippen LogP contribution in [0.2, 0.25) is 0 Å². The molecule has 7 nitrogen and oxygen atoms in total. The molecule has 1 aliphatic rings. The van der Waals surface area contributed by atoms with Gasteiger partial charge in [-0.05, 0) is 50.1 Å². The number of para-hydroxylation sites is 1. The minimum absolute atomic E-state index is 0.0886. The SMILES string of the molecule is CCOc1ccc(/C(O)=C2\C(=O)C(=O)N(CCCOC)C2c2c[nH]c3ccccc23)cc1C. The average molecular weight is 449 g/mol. The first-order valence-corrected chi connectivity index (χ1v) is 11.0. The van der Waals surface area contributed by atoms with Crippen molar-refractivity contribution in [2.45, 2.75) is 26.3 Å². The van der Waals surface area contributed by atoms with Gasteiger partial charge in [0.15, 0.2) is 0 Å². The summed E-state index contributed by atoms with van der Waals surface area (Å²) in [6, 6.07) is 12.2. The summed E-state index contributed by atoms with van der Waals surface area (Å²) in [5.74, 6) is -0.788. The number of ether oxygens (including phenoxy) is 2. The number of nitrogens with zero attached hydrogens (tertiary/aromatic N) is 1. The summed E-state index contributed by atoms with van der Waals surface area (Å²) in [6.45, 7) is 5.10. The number of aromatic amines is 1. The van der Waals surface area contributed by atoms with Crippen molar-refractivity contribution < 1.29 is 24.2 Å². The Bertz CT molecular complexity index is 1230. The number of methoxy groups -OCH3 is 1. The first-order chi connectivity index (χ1) is 16.0. The highest BCUT2D eigenvalue weighted by atomic mass is 16.5. The number of ketones is 1. The van der Waals surface area contributed by atoms with E-state index in [1.165, 1.54) is 4.90 Å². The van der Waals surface area contributed by atoms with Gasteiger partial charge in [0.1, 0.15) is 11.5 Å². The number of aliphatic hydroxyl groups is 1. The molecule has 1 saturated heterocycles. The van der Waals surface area contributed by atoms with E-state index < -0.39 is 17.7 Å². The second-order valence-electron chi connectivity index (χ2n) is 8.04. The number of rotatable bonds is 8. The van der Waals surface area contributed by atoms with Crippen LogP contribution in [0, 0.1) is 6.92 Å². The molecule has 33 heavy (non-hydrogen) atoms. The van der Waals surface area contributed by atoms with E-state index in [0.717, 1.165) is 22.0 Å². The van der Waals surface area contributed by atoms with Crippen molar-refractivity contribution in [3.05, 3.63) is 70.9 Å². The molecule has 172 valence electrons. The molecular formula is C26H28N2O5. The van der Waals surface area contributed by atoms with E-state index in [0.29, 0.717) is 37.5 Å². The fourth-order valence-corrected chi connectivity index (χ4v) is 4.40. The lowest BCUT2D eigenvalue weighted by Gasteiger charge is -2.24. The number of hydrogen-bond donors (Lipinski definition) is 2. The molecule has 7 heteroatoms. The summed E-state index contributed by atoms with van der Waals surface area (Å²) in [5.41, 5.74) is 3.05. The molecule has 1 aliphatic heterocycles. The molecule has 2 N–H and O–H groups in total. The minimum Gasteiger partial charge on any atom is -0.507 e. The van der Waals surface area contributed by atoms with E-state index in [4.69, 9.17) is 9.47 Å². The van der Waals surface area contributed by atoms with Crippen LogP contribution in [0.3, 0.4) is 0 Å². The first kappa shape index (κ1) is 22.6. The van der Waals surface area contributed by atoms with Gasteiger partial charge in [-0.2, -0.15) is 0 Å². The summed E-state index contributed by atoms with van der Waals surface area (Å²) in [6.07, 6.45) is 2.38. The number of carbonyl (C=O) groups is 2. The molecule has 1 fully saturated rings. The minimum atomic E-state index is -0.704. The monoisotopic (exact) mass is 448 g/mol. The zero-order chi connectivity index (χ0) is 23.5. The number of aromatic nitrogens is 1. The first-order valence-electron chi connectivity index (χ1n) is 11.0. The van der Waals surface area contributed by atoms with Gasteiger partial charge in [0.25, 0.3) is 11.7 Å². The van der Waals surface area contributed by atoms with Crippen molar-refractivity contribution in [1.82, 2.24) is 9.88 Å². The summed E-state index contributed by atoms with van der Waals surface area (Å²) in [4.78, 5) is 31.0. The number of carbonyl (C=O) groups excluding carboxylic acids is 2. The standard InChI is InChI=1S/C26H28N2O5/c1-4-33-21-11-10-17(14-16(21)2)24(29)22-23(19-15-27-20-9-6-5-8-18(19)20)28(12-7-13-32-3)26(31)25(22)30/h5-6,8-11,14-15,23,27,29H,4,7,12-13H2,1-3H3/b24-22+. The molecular weight excluding hydrogens is 420 g/mol. The van der Waals surface area contributed by atoms with Crippen LogP contribution >= 0.6 is 0 Å². The maximum absolute atomic E-state index is 13.2. The molecule has 0 radical (unpaired) electrons. The molecule has 1 aromatic heterocycles. The van der Waals surface area contributed by atoms with Crippen molar-refractivity contribution in [3.63, 3.8) is 0 Å². The van der Waals surface area contributed by atoms with Gasteiger partial charge in [0, 0.05) is 48.5 Å². The molecule has 1 amide bonds. The topological polar surface area (TPSA) is 91.9 Å². The number of Topliss-reactive ketones (excluding diaryl/α,β-unsaturated/α-hetero) is 1. The lowest BCUT2D eigenvalue weighted by atomic mass is 9.94. The zero-order valence-corrected chi connectivity index (χ0v) is 19.1. The van der Waals surface area contributed by atoms with Crippen LogP contribution in [0.5, 0.6) is 5.75 Å². The second-order valence-corrected chi connectivity index (χ2v) is 8.04. The van der Waals surface area contributed by atoms with Gasteiger partial charge in [0.05, 0.1) is 18.2 Å². The Kier molecular flexibility index (Phi) is 6.51. The molecule has 0 spiro atoms. The fourth-order valence-electron chi connectivity index (χ4n) is 4.40. The van der Waals surface area contributed by atoms with Crippen LogP contribution < -0.4 is 4.74 Å². The van der Waals surface area contributed by atoms with Crippen molar-refractivity contribution in [1.29, 1.82) is 0 Å². The highest BCUT2D eigenvalue weighted by Gasteiger charge is 2.46. The van der Waals surface area contributed by atoms with Crippen LogP contribution in [-0.2, 0) is 14.3 Å². The normalized spacial score (nSPS) is 17.8. The van der Waals surface area contributed by atoms with Gasteiger partial charge in [-0.15, -0.1) is 0 Å². The summed E-state index contributed by atoms with van der Waals surface area (Å²) >= 11 is 0. The van der Waals surface area contributed by atoms with E-state index in [9.17, 15) is 14.7 Å². The highest BCUT2D eigenvalue weighted by Crippen LogP contribution is 2.42.